The van der Waals surface area contributed by atoms with Gasteiger partial charge in [0, 0.05) is 29.9 Å². The first-order valence-electron chi connectivity index (χ1n) is 12.0. The number of hydrogen-bond donors (Lipinski definition) is 2. The number of aryl methyl sites for hydroxylation is 1. The number of rotatable bonds is 2. The van der Waals surface area contributed by atoms with Crippen molar-refractivity contribution in [3.8, 4) is 0 Å². The Kier molecular flexibility index (Phi) is 13.6. The van der Waals surface area contributed by atoms with Crippen molar-refractivity contribution < 1.29 is 4.39 Å². The van der Waals surface area contributed by atoms with Gasteiger partial charge in [-0.15, -0.1) is 12.6 Å². The maximum atomic E-state index is 14.0. The van der Waals surface area contributed by atoms with Gasteiger partial charge in [0.1, 0.15) is 5.82 Å². The van der Waals surface area contributed by atoms with Crippen LogP contribution in [0.25, 0.3) is 0 Å². The highest BCUT2D eigenvalue weighted by atomic mass is 32.1. The summed E-state index contributed by atoms with van der Waals surface area (Å²) >= 11 is 4.02. The van der Waals surface area contributed by atoms with Gasteiger partial charge in [0.15, 0.2) is 0 Å². The predicted molar refractivity (Wildman–Crippen MR) is 134 cm³/mol. The average molecular weight is 451 g/mol. The van der Waals surface area contributed by atoms with Crippen molar-refractivity contribution in [3.05, 3.63) is 42.0 Å². The fourth-order valence-electron chi connectivity index (χ4n) is 4.30. The molecule has 2 aliphatic rings. The molecule has 2 N–H and O–H groups in total. The molecule has 0 bridgehead atoms. The Morgan fingerprint density at radius 3 is 2.06 bits per heavy atom. The van der Waals surface area contributed by atoms with E-state index in [2.05, 4.69) is 22.6 Å². The number of halogens is 1. The molecule has 4 nitrogen and oxygen atoms in total. The number of nitrogens with two attached hydrogens (primary N) is 1. The first-order chi connectivity index (χ1) is 15.0. The summed E-state index contributed by atoms with van der Waals surface area (Å²) in [4.78, 5) is 3.55. The van der Waals surface area contributed by atoms with E-state index in [0.717, 1.165) is 42.4 Å². The summed E-state index contributed by atoms with van der Waals surface area (Å²) in [5.74, 6) is 0.247. The van der Waals surface area contributed by atoms with Crippen molar-refractivity contribution >= 4 is 18.3 Å². The molecule has 0 spiro atoms. The van der Waals surface area contributed by atoms with Crippen LogP contribution in [0.2, 0.25) is 0 Å². The summed E-state index contributed by atoms with van der Waals surface area (Å²) in [6, 6.07) is 5.96. The Hall–Kier alpha value is -1.53. The van der Waals surface area contributed by atoms with Crippen LogP contribution in [0.5, 0.6) is 0 Å². The van der Waals surface area contributed by atoms with Crippen molar-refractivity contribution in [1.29, 1.82) is 0 Å². The van der Waals surface area contributed by atoms with E-state index >= 15 is 0 Å². The molecule has 176 valence electrons. The van der Waals surface area contributed by atoms with Crippen LogP contribution in [0.4, 0.5) is 10.1 Å². The Labute approximate surface area is 194 Å². The van der Waals surface area contributed by atoms with E-state index in [1.54, 1.807) is 10.9 Å². The number of nitrogens with zero attached hydrogens (tertiary/aromatic N) is 3. The van der Waals surface area contributed by atoms with Crippen molar-refractivity contribution in [2.24, 2.45) is 7.05 Å². The van der Waals surface area contributed by atoms with Crippen LogP contribution in [0, 0.1) is 5.82 Å². The fourth-order valence-corrected chi connectivity index (χ4v) is 4.52. The topological polar surface area (TPSA) is 47.1 Å². The second-order valence-corrected chi connectivity index (χ2v) is 8.27. The minimum absolute atomic E-state index is 0.124. The summed E-state index contributed by atoms with van der Waals surface area (Å²) in [5, 5.41) is 3.86. The molecule has 0 radical (unpaired) electrons. The van der Waals surface area contributed by atoms with E-state index in [1.165, 1.54) is 38.2 Å². The Morgan fingerprint density at radius 1 is 1.00 bits per heavy atom. The molecular formula is C25H43FN4S. The van der Waals surface area contributed by atoms with Gasteiger partial charge in [0.25, 0.3) is 0 Å². The van der Waals surface area contributed by atoms with E-state index in [-0.39, 0.29) is 5.82 Å². The lowest BCUT2D eigenvalue weighted by molar-refractivity contribution is 0.121. The van der Waals surface area contributed by atoms with Crippen LogP contribution < -0.4 is 5.73 Å². The third-order valence-electron chi connectivity index (χ3n) is 5.78. The number of thiol groups is 1. The van der Waals surface area contributed by atoms with Crippen LogP contribution in [0.15, 0.2) is 35.5 Å². The number of benzene rings is 1. The molecule has 6 heteroatoms. The minimum Gasteiger partial charge on any atom is -0.399 e. The average Bonchev–Trinajstić information content (AvgIpc) is 3.20. The van der Waals surface area contributed by atoms with Gasteiger partial charge in [-0.1, -0.05) is 53.0 Å². The molecule has 0 unspecified atom stereocenters. The summed E-state index contributed by atoms with van der Waals surface area (Å²) in [7, 11) is 1.86. The first-order valence-corrected chi connectivity index (χ1v) is 12.4. The smallest absolute Gasteiger partial charge is 0.128 e. The first kappa shape index (κ1) is 27.5. The molecule has 1 aliphatic carbocycles. The van der Waals surface area contributed by atoms with Crippen LogP contribution in [0.1, 0.15) is 84.1 Å². The van der Waals surface area contributed by atoms with E-state index in [0.29, 0.717) is 11.6 Å². The highest BCUT2D eigenvalue weighted by Crippen LogP contribution is 2.33. The number of piperidine rings is 1. The number of hydrogen-bond acceptors (Lipinski definition) is 4. The van der Waals surface area contributed by atoms with Gasteiger partial charge in [-0.05, 0) is 62.4 Å². The molecule has 2 fully saturated rings. The van der Waals surface area contributed by atoms with Crippen LogP contribution in [0.3, 0.4) is 0 Å². The molecule has 1 saturated heterocycles. The lowest BCUT2D eigenvalue weighted by atomic mass is 9.86. The summed E-state index contributed by atoms with van der Waals surface area (Å²) in [5.41, 5.74) is 7.01. The molecule has 0 amide bonds. The largest absolute Gasteiger partial charge is 0.399 e. The highest BCUT2D eigenvalue weighted by molar-refractivity contribution is 7.80. The number of nitrogen functional groups attached to an aromatic ring is 1. The van der Waals surface area contributed by atoms with Gasteiger partial charge in [0.05, 0.1) is 6.20 Å². The van der Waals surface area contributed by atoms with E-state index in [1.807, 2.05) is 53.1 Å². The van der Waals surface area contributed by atoms with Crippen molar-refractivity contribution in [2.45, 2.75) is 89.5 Å². The fraction of sp³-hybridized carbons (Fsp3) is 0.640. The molecule has 1 aromatic carbocycles. The predicted octanol–water partition coefficient (Wildman–Crippen LogP) is 6.68. The maximum Gasteiger partial charge on any atom is 0.128 e. The molecule has 2 aromatic rings. The molecule has 4 rings (SSSR count). The molecule has 1 aromatic heterocycles. The van der Waals surface area contributed by atoms with Gasteiger partial charge in [0.2, 0.25) is 0 Å². The zero-order valence-corrected chi connectivity index (χ0v) is 21.0. The van der Waals surface area contributed by atoms with Gasteiger partial charge >= 0.3 is 0 Å². The summed E-state index contributed by atoms with van der Waals surface area (Å²) in [6.45, 7) is 10.2. The van der Waals surface area contributed by atoms with Gasteiger partial charge in [-0.3, -0.25) is 4.68 Å². The molecule has 0 atom stereocenters. The van der Waals surface area contributed by atoms with Crippen LogP contribution in [-0.4, -0.2) is 33.8 Å². The van der Waals surface area contributed by atoms with Crippen LogP contribution >= 0.6 is 12.6 Å². The Morgan fingerprint density at radius 2 is 1.61 bits per heavy atom. The third-order valence-corrected chi connectivity index (χ3v) is 6.01. The maximum absolute atomic E-state index is 14.0. The standard InChI is InChI=1S/C17H25FN2.C4H6N2S.2C2H6/c18-17-12-14(19)6-7-16(17)13-8-10-20(11-9-13)15-4-2-1-3-5-15;1-6-3-4(7)2-5-6;2*1-2/h6-7,12-13,15H,1-5,8-11,19H2;2-3,7H,1H3;2*1-2H3. The zero-order chi connectivity index (χ0) is 23.2. The quantitative estimate of drug-likeness (QED) is 0.396. The summed E-state index contributed by atoms with van der Waals surface area (Å²) < 4.78 is 15.7. The lowest BCUT2D eigenvalue weighted by Gasteiger charge is -2.39. The molecule has 1 aliphatic heterocycles. The molecule has 2 heterocycles. The molecule has 31 heavy (non-hydrogen) atoms. The SMILES string of the molecule is CC.CC.Cn1cc(S)cn1.Nc1ccc(C2CCN(C3CCCCC3)CC2)c(F)c1. The Balaban J connectivity index is 0.000000366. The number of aromatic nitrogens is 2. The van der Waals surface area contributed by atoms with E-state index < -0.39 is 0 Å². The van der Waals surface area contributed by atoms with Gasteiger partial charge in [-0.25, -0.2) is 4.39 Å². The van der Waals surface area contributed by atoms with E-state index in [4.69, 9.17) is 5.73 Å². The zero-order valence-electron chi connectivity index (χ0n) is 20.1. The summed E-state index contributed by atoms with van der Waals surface area (Å²) in [6.07, 6.45) is 12.6. The van der Waals surface area contributed by atoms with Crippen molar-refractivity contribution in [2.75, 3.05) is 18.8 Å². The van der Waals surface area contributed by atoms with Gasteiger partial charge < -0.3 is 10.6 Å². The monoisotopic (exact) mass is 450 g/mol. The Bertz CT molecular complexity index is 704. The second kappa shape index (κ2) is 15.3. The lowest BCUT2D eigenvalue weighted by Crippen LogP contribution is -2.42. The minimum atomic E-state index is -0.124. The van der Waals surface area contributed by atoms with E-state index in [9.17, 15) is 4.39 Å². The molecule has 1 saturated carbocycles. The number of likely N-dealkylation sites (tertiary alicyclic amines) is 1. The number of anilines is 1. The normalized spacial score (nSPS) is 17.4. The van der Waals surface area contributed by atoms with Gasteiger partial charge in [-0.2, -0.15) is 5.10 Å². The van der Waals surface area contributed by atoms with Crippen LogP contribution in [-0.2, 0) is 7.05 Å². The third kappa shape index (κ3) is 9.24. The van der Waals surface area contributed by atoms with Crippen molar-refractivity contribution in [3.63, 3.8) is 0 Å². The highest BCUT2D eigenvalue weighted by Gasteiger charge is 2.27. The second-order valence-electron chi connectivity index (χ2n) is 7.76. The van der Waals surface area contributed by atoms with Crippen molar-refractivity contribution in [1.82, 2.24) is 14.7 Å². The molecular weight excluding hydrogens is 407 g/mol.